The van der Waals surface area contributed by atoms with Crippen LogP contribution in [0.2, 0.25) is 0 Å². The van der Waals surface area contributed by atoms with Gasteiger partial charge in [0.15, 0.2) is 0 Å². The summed E-state index contributed by atoms with van der Waals surface area (Å²) in [5, 5.41) is 9.13. The van der Waals surface area contributed by atoms with Gasteiger partial charge in [-0.3, -0.25) is 0 Å². The van der Waals surface area contributed by atoms with Gasteiger partial charge in [-0.1, -0.05) is 60.1 Å². The number of aliphatic hydroxyl groups is 1. The van der Waals surface area contributed by atoms with E-state index in [4.69, 9.17) is 16.7 Å². The van der Waals surface area contributed by atoms with Crippen LogP contribution in [0.3, 0.4) is 0 Å². The Labute approximate surface area is 106 Å². The van der Waals surface area contributed by atoms with E-state index < -0.39 is 0 Å². The Morgan fingerprint density at radius 3 is 2.35 bits per heavy atom. The molecule has 0 atom stereocenters. The molecule has 0 saturated heterocycles. The van der Waals surface area contributed by atoms with E-state index in [1.54, 1.807) is 5.54 Å². The number of hydrogen-bond acceptors (Lipinski definition) is 1. The lowest BCUT2D eigenvalue weighted by Crippen LogP contribution is -1.89. The van der Waals surface area contributed by atoms with Gasteiger partial charge < -0.3 is 5.11 Å². The van der Waals surface area contributed by atoms with Crippen LogP contribution in [0.4, 0.5) is 0 Å². The number of rotatable bonds is 3. The van der Waals surface area contributed by atoms with Crippen molar-refractivity contribution in [3.8, 4) is 0 Å². The van der Waals surface area contributed by atoms with Crippen LogP contribution in [0.1, 0.15) is 16.7 Å². The van der Waals surface area contributed by atoms with Crippen molar-refractivity contribution in [3.63, 3.8) is 0 Å². The van der Waals surface area contributed by atoms with Gasteiger partial charge >= 0.3 is 0 Å². The van der Waals surface area contributed by atoms with Crippen LogP contribution < -0.4 is 0 Å². The Morgan fingerprint density at radius 2 is 1.71 bits per heavy atom. The lowest BCUT2D eigenvalue weighted by atomic mass is 9.98. The Bertz CT molecular complexity index is 517. The molecule has 0 radical (unpaired) electrons. The lowest BCUT2D eigenvalue weighted by Gasteiger charge is -2.08. The Hall–Kier alpha value is -1.57. The molecule has 0 heterocycles. The molecule has 0 unspecified atom stereocenters. The predicted molar refractivity (Wildman–Crippen MR) is 71.7 cm³/mol. The molecule has 2 heteroatoms. The average molecular weight is 245 g/mol. The van der Waals surface area contributed by atoms with E-state index in [2.05, 4.69) is 0 Å². The van der Waals surface area contributed by atoms with Gasteiger partial charge in [0.25, 0.3) is 0 Å². The van der Waals surface area contributed by atoms with Gasteiger partial charge in [0.2, 0.25) is 0 Å². The largest absolute Gasteiger partial charge is 0.392 e. The molecule has 1 nitrogen and oxygen atoms in total. The Kier molecular flexibility index (Phi) is 3.97. The fourth-order valence-corrected chi connectivity index (χ4v) is 2.00. The second-order valence-electron chi connectivity index (χ2n) is 3.75. The van der Waals surface area contributed by atoms with E-state index in [-0.39, 0.29) is 6.61 Å². The summed E-state index contributed by atoms with van der Waals surface area (Å²) in [6, 6.07) is 17.7. The summed E-state index contributed by atoms with van der Waals surface area (Å²) in [6.45, 7) is 0.0399. The number of aliphatic hydroxyl groups excluding tert-OH is 1. The molecule has 2 aromatic carbocycles. The van der Waals surface area contributed by atoms with Crippen LogP contribution in [-0.2, 0) is 6.61 Å². The molecule has 2 rings (SSSR count). The van der Waals surface area contributed by atoms with Crippen LogP contribution in [0.25, 0.3) is 5.57 Å². The SMILES string of the molecule is OCc1cccc(C(=CCl)c2ccccc2)c1. The quantitative estimate of drug-likeness (QED) is 0.871. The average Bonchev–Trinajstić information content (AvgIpc) is 2.41. The second kappa shape index (κ2) is 5.67. The first-order valence-electron chi connectivity index (χ1n) is 5.41. The van der Waals surface area contributed by atoms with Crippen molar-refractivity contribution in [2.45, 2.75) is 6.61 Å². The maximum atomic E-state index is 9.13. The number of hydrogen-bond donors (Lipinski definition) is 1. The molecule has 0 aliphatic rings. The molecule has 0 bridgehead atoms. The molecular formula is C15H13ClO. The van der Waals surface area contributed by atoms with Gasteiger partial charge in [-0.2, -0.15) is 0 Å². The third kappa shape index (κ3) is 2.76. The van der Waals surface area contributed by atoms with Crippen molar-refractivity contribution in [2.75, 3.05) is 0 Å². The van der Waals surface area contributed by atoms with E-state index in [0.717, 1.165) is 22.3 Å². The Balaban J connectivity index is 2.43. The first-order chi connectivity index (χ1) is 8.35. The molecule has 0 aromatic heterocycles. The second-order valence-corrected chi connectivity index (χ2v) is 3.97. The highest BCUT2D eigenvalue weighted by molar-refractivity contribution is 6.29. The standard InChI is InChI=1S/C15H13ClO/c16-10-15(13-6-2-1-3-7-13)14-8-4-5-12(9-14)11-17/h1-10,17H,11H2. The summed E-state index contributed by atoms with van der Waals surface area (Å²) in [5.41, 5.74) is 5.50. The molecule has 86 valence electrons. The highest BCUT2D eigenvalue weighted by atomic mass is 35.5. The molecule has 1 N–H and O–H groups in total. The zero-order chi connectivity index (χ0) is 12.1. The van der Waals surface area contributed by atoms with E-state index in [9.17, 15) is 0 Å². The monoisotopic (exact) mass is 244 g/mol. The van der Waals surface area contributed by atoms with E-state index in [1.165, 1.54) is 0 Å². The fourth-order valence-electron chi connectivity index (χ4n) is 1.75. The molecule has 0 saturated carbocycles. The van der Waals surface area contributed by atoms with Crippen LogP contribution in [-0.4, -0.2) is 5.11 Å². The molecule has 0 spiro atoms. The van der Waals surface area contributed by atoms with Gasteiger partial charge in [0.05, 0.1) is 6.61 Å². The van der Waals surface area contributed by atoms with E-state index >= 15 is 0 Å². The first kappa shape index (κ1) is 11.9. The normalized spacial score (nSPS) is 11.5. The zero-order valence-corrected chi connectivity index (χ0v) is 10.1. The zero-order valence-electron chi connectivity index (χ0n) is 9.31. The number of halogens is 1. The van der Waals surface area contributed by atoms with Crippen molar-refractivity contribution in [2.24, 2.45) is 0 Å². The topological polar surface area (TPSA) is 20.2 Å². The van der Waals surface area contributed by atoms with Gasteiger partial charge in [-0.15, -0.1) is 0 Å². The maximum Gasteiger partial charge on any atom is 0.0682 e. The van der Waals surface area contributed by atoms with Gasteiger partial charge in [-0.05, 0) is 22.8 Å². The summed E-state index contributed by atoms with van der Waals surface area (Å²) in [7, 11) is 0. The van der Waals surface area contributed by atoms with Crippen molar-refractivity contribution < 1.29 is 5.11 Å². The van der Waals surface area contributed by atoms with Crippen molar-refractivity contribution in [1.82, 2.24) is 0 Å². The highest BCUT2D eigenvalue weighted by Gasteiger charge is 2.04. The smallest absolute Gasteiger partial charge is 0.0682 e. The summed E-state index contributed by atoms with van der Waals surface area (Å²) in [4.78, 5) is 0. The fraction of sp³-hybridized carbons (Fsp3) is 0.0667. The minimum Gasteiger partial charge on any atom is -0.392 e. The van der Waals surface area contributed by atoms with Crippen LogP contribution in [0.15, 0.2) is 60.1 Å². The summed E-state index contributed by atoms with van der Waals surface area (Å²) in [6.07, 6.45) is 0. The first-order valence-corrected chi connectivity index (χ1v) is 5.85. The lowest BCUT2D eigenvalue weighted by molar-refractivity contribution is 0.282. The van der Waals surface area contributed by atoms with Crippen molar-refractivity contribution in [3.05, 3.63) is 76.8 Å². The van der Waals surface area contributed by atoms with Gasteiger partial charge in [0.1, 0.15) is 0 Å². The van der Waals surface area contributed by atoms with Gasteiger partial charge in [0, 0.05) is 11.1 Å². The highest BCUT2D eigenvalue weighted by Crippen LogP contribution is 2.24. The summed E-state index contributed by atoms with van der Waals surface area (Å²) < 4.78 is 0. The molecule has 0 amide bonds. The van der Waals surface area contributed by atoms with Crippen molar-refractivity contribution >= 4 is 17.2 Å². The van der Waals surface area contributed by atoms with Crippen LogP contribution >= 0.6 is 11.6 Å². The number of benzene rings is 2. The van der Waals surface area contributed by atoms with E-state index in [0.29, 0.717) is 0 Å². The molecule has 0 aliphatic carbocycles. The summed E-state index contributed by atoms with van der Waals surface area (Å²) >= 11 is 5.91. The molecule has 0 fully saturated rings. The third-order valence-corrected chi connectivity index (χ3v) is 2.83. The molecule has 17 heavy (non-hydrogen) atoms. The Morgan fingerprint density at radius 1 is 1.00 bits per heavy atom. The summed E-state index contributed by atoms with van der Waals surface area (Å²) in [5.74, 6) is 0. The predicted octanol–water partition coefficient (Wildman–Crippen LogP) is 3.81. The minimum atomic E-state index is 0.0399. The van der Waals surface area contributed by atoms with Crippen LogP contribution in [0.5, 0.6) is 0 Å². The third-order valence-electron chi connectivity index (χ3n) is 2.61. The van der Waals surface area contributed by atoms with Crippen molar-refractivity contribution in [1.29, 1.82) is 0 Å². The van der Waals surface area contributed by atoms with Crippen LogP contribution in [0, 0.1) is 0 Å². The minimum absolute atomic E-state index is 0.0399. The molecule has 2 aromatic rings. The maximum absolute atomic E-state index is 9.13. The van der Waals surface area contributed by atoms with Gasteiger partial charge in [-0.25, -0.2) is 0 Å². The molecular weight excluding hydrogens is 232 g/mol. The van der Waals surface area contributed by atoms with E-state index in [1.807, 2.05) is 54.6 Å². The molecule has 0 aliphatic heterocycles.